The molecule has 0 aliphatic heterocycles. The molecule has 4 heteroatoms. The summed E-state index contributed by atoms with van der Waals surface area (Å²) in [5, 5.41) is 0. The number of carbonyl (C=O) groups excluding carboxylic acids is 2. The zero-order valence-electron chi connectivity index (χ0n) is 9.32. The van der Waals surface area contributed by atoms with Crippen molar-refractivity contribution in [1.29, 1.82) is 0 Å². The molecule has 3 aliphatic rings. The van der Waals surface area contributed by atoms with Crippen molar-refractivity contribution in [2.75, 3.05) is 13.1 Å². The molecule has 0 radical (unpaired) electrons. The van der Waals surface area contributed by atoms with Gasteiger partial charge >= 0.3 is 0 Å². The molecule has 4 nitrogen and oxygen atoms in total. The monoisotopic (exact) mass is 220 g/mol. The van der Waals surface area contributed by atoms with Gasteiger partial charge in [0.15, 0.2) is 0 Å². The van der Waals surface area contributed by atoms with Crippen LogP contribution in [0, 0.1) is 17.3 Å². The first-order valence-electron chi connectivity index (χ1n) is 5.88. The van der Waals surface area contributed by atoms with E-state index >= 15 is 0 Å². The molecule has 2 bridgehead atoms. The quantitative estimate of drug-likeness (QED) is 0.536. The highest BCUT2D eigenvalue weighted by atomic mass is 16.1. The van der Waals surface area contributed by atoms with Crippen molar-refractivity contribution in [3.63, 3.8) is 0 Å². The summed E-state index contributed by atoms with van der Waals surface area (Å²) in [6.45, 7) is 0.950. The zero-order chi connectivity index (χ0) is 11.4. The van der Waals surface area contributed by atoms with Crippen LogP contribution in [-0.4, -0.2) is 25.2 Å². The van der Waals surface area contributed by atoms with Gasteiger partial charge in [-0.3, -0.25) is 0 Å². The van der Waals surface area contributed by atoms with Gasteiger partial charge in [0.2, 0.25) is 12.2 Å². The first-order chi connectivity index (χ1) is 7.80. The molecule has 3 fully saturated rings. The van der Waals surface area contributed by atoms with E-state index in [1.807, 2.05) is 0 Å². The van der Waals surface area contributed by atoms with Crippen LogP contribution >= 0.6 is 0 Å². The summed E-state index contributed by atoms with van der Waals surface area (Å²) >= 11 is 0. The highest BCUT2D eigenvalue weighted by Crippen LogP contribution is 2.52. The maximum absolute atomic E-state index is 10.3. The summed E-state index contributed by atoms with van der Waals surface area (Å²) in [5.41, 5.74) is -0.0595. The van der Waals surface area contributed by atoms with Crippen molar-refractivity contribution in [2.45, 2.75) is 32.1 Å². The second-order valence-electron chi connectivity index (χ2n) is 5.10. The van der Waals surface area contributed by atoms with Crippen LogP contribution in [-0.2, 0) is 9.59 Å². The van der Waals surface area contributed by atoms with Crippen molar-refractivity contribution in [3.8, 4) is 0 Å². The van der Waals surface area contributed by atoms with E-state index in [4.69, 9.17) is 0 Å². The summed E-state index contributed by atoms with van der Waals surface area (Å²) in [7, 11) is 0. The summed E-state index contributed by atoms with van der Waals surface area (Å²) in [6.07, 6.45) is 9.21. The summed E-state index contributed by atoms with van der Waals surface area (Å²) in [5.74, 6) is 1.29. The van der Waals surface area contributed by atoms with Crippen LogP contribution in [0.1, 0.15) is 32.1 Å². The number of hydrogen-bond donors (Lipinski definition) is 0. The molecule has 0 atom stereocenters. The topological polar surface area (TPSA) is 58.9 Å². The van der Waals surface area contributed by atoms with Gasteiger partial charge in [0, 0.05) is 5.41 Å². The molecule has 0 aromatic heterocycles. The largest absolute Gasteiger partial charge is 0.234 e. The van der Waals surface area contributed by atoms with Gasteiger partial charge < -0.3 is 0 Å². The Kier molecular flexibility index (Phi) is 3.33. The molecule has 3 saturated carbocycles. The molecule has 0 amide bonds. The molecular formula is C12H16N2O2. The minimum Gasteiger partial charge on any atom is -0.211 e. The van der Waals surface area contributed by atoms with E-state index in [1.165, 1.54) is 25.7 Å². The SMILES string of the molecule is O=C=NCC1(CN=C=O)CC2CCC1CC2. The normalized spacial score (nSPS) is 36.2. The highest BCUT2D eigenvalue weighted by Gasteiger charge is 2.47. The molecular weight excluding hydrogens is 204 g/mol. The molecule has 3 rings (SSSR count). The molecule has 16 heavy (non-hydrogen) atoms. The Hall–Kier alpha value is -1.24. The van der Waals surface area contributed by atoms with Crippen molar-refractivity contribution in [3.05, 3.63) is 0 Å². The van der Waals surface area contributed by atoms with Crippen LogP contribution < -0.4 is 0 Å². The van der Waals surface area contributed by atoms with Crippen LogP contribution in [0.25, 0.3) is 0 Å². The van der Waals surface area contributed by atoms with Crippen LogP contribution in [0.4, 0.5) is 0 Å². The standard InChI is InChI=1S/C12H16N2O2/c15-8-13-6-12(7-14-9-16)5-10-1-3-11(12)4-2-10/h10-11H,1-7H2. The van der Waals surface area contributed by atoms with E-state index in [0.717, 1.165) is 12.3 Å². The fraction of sp³-hybridized carbons (Fsp3) is 0.833. The molecule has 0 heterocycles. The average molecular weight is 220 g/mol. The third kappa shape index (κ3) is 1.99. The third-order valence-electron chi connectivity index (χ3n) is 4.32. The molecule has 0 aromatic carbocycles. The average Bonchev–Trinajstić information content (AvgIpc) is 2.35. The lowest BCUT2D eigenvalue weighted by molar-refractivity contribution is 0.0160. The molecule has 0 N–H and O–H groups in total. The Labute approximate surface area is 94.9 Å². The lowest BCUT2D eigenvalue weighted by Gasteiger charge is -2.50. The first kappa shape index (κ1) is 11.3. The van der Waals surface area contributed by atoms with Gasteiger partial charge in [-0.05, 0) is 31.1 Å². The van der Waals surface area contributed by atoms with Crippen molar-refractivity contribution < 1.29 is 9.59 Å². The predicted molar refractivity (Wildman–Crippen MR) is 58.5 cm³/mol. The number of fused-ring (bicyclic) bond motifs is 3. The predicted octanol–water partition coefficient (Wildman–Crippen LogP) is 1.85. The maximum atomic E-state index is 10.3. The minimum atomic E-state index is -0.0595. The molecule has 3 aliphatic carbocycles. The minimum absolute atomic E-state index is 0.0595. The number of isocyanates is 2. The second kappa shape index (κ2) is 4.73. The Bertz CT molecular complexity index is 326. The van der Waals surface area contributed by atoms with Gasteiger partial charge in [-0.25, -0.2) is 19.6 Å². The lowest BCUT2D eigenvalue weighted by Crippen LogP contribution is -2.46. The first-order valence-corrected chi connectivity index (χ1v) is 5.88. The van der Waals surface area contributed by atoms with Crippen molar-refractivity contribution in [1.82, 2.24) is 0 Å². The second-order valence-corrected chi connectivity index (χ2v) is 5.10. The van der Waals surface area contributed by atoms with Gasteiger partial charge in [0.05, 0.1) is 13.1 Å². The molecule has 0 spiro atoms. The van der Waals surface area contributed by atoms with Gasteiger partial charge in [0.1, 0.15) is 0 Å². The highest BCUT2D eigenvalue weighted by molar-refractivity contribution is 5.34. The van der Waals surface area contributed by atoms with Gasteiger partial charge in [0.25, 0.3) is 0 Å². The number of aliphatic imine (C=N–C) groups is 2. The lowest BCUT2D eigenvalue weighted by atomic mass is 9.56. The van der Waals surface area contributed by atoms with E-state index in [2.05, 4.69) is 9.98 Å². The number of nitrogens with zero attached hydrogens (tertiary/aromatic N) is 2. The number of hydrogen-bond acceptors (Lipinski definition) is 4. The maximum Gasteiger partial charge on any atom is 0.234 e. The fourth-order valence-electron chi connectivity index (χ4n) is 3.54. The Morgan fingerprint density at radius 3 is 1.94 bits per heavy atom. The fourth-order valence-corrected chi connectivity index (χ4v) is 3.54. The van der Waals surface area contributed by atoms with Crippen LogP contribution in [0.3, 0.4) is 0 Å². The Balaban J connectivity index is 2.19. The van der Waals surface area contributed by atoms with E-state index in [9.17, 15) is 9.59 Å². The Morgan fingerprint density at radius 1 is 1.00 bits per heavy atom. The summed E-state index contributed by atoms with van der Waals surface area (Å²) < 4.78 is 0. The van der Waals surface area contributed by atoms with E-state index in [-0.39, 0.29) is 5.41 Å². The van der Waals surface area contributed by atoms with Crippen LogP contribution in [0.2, 0.25) is 0 Å². The van der Waals surface area contributed by atoms with Crippen molar-refractivity contribution in [2.24, 2.45) is 27.2 Å². The van der Waals surface area contributed by atoms with E-state index in [1.54, 1.807) is 12.2 Å². The third-order valence-corrected chi connectivity index (χ3v) is 4.32. The number of rotatable bonds is 4. The summed E-state index contributed by atoms with van der Waals surface area (Å²) in [4.78, 5) is 28.0. The molecule has 86 valence electrons. The molecule has 0 saturated heterocycles. The Morgan fingerprint density at radius 2 is 1.56 bits per heavy atom. The van der Waals surface area contributed by atoms with Crippen molar-refractivity contribution >= 4 is 12.2 Å². The van der Waals surface area contributed by atoms with Gasteiger partial charge in [-0.1, -0.05) is 12.8 Å². The molecule has 0 aromatic rings. The molecule has 0 unspecified atom stereocenters. The van der Waals surface area contributed by atoms with E-state index < -0.39 is 0 Å². The van der Waals surface area contributed by atoms with Gasteiger partial charge in [-0.2, -0.15) is 0 Å². The van der Waals surface area contributed by atoms with Crippen LogP contribution in [0.5, 0.6) is 0 Å². The van der Waals surface area contributed by atoms with E-state index in [0.29, 0.717) is 19.0 Å². The smallest absolute Gasteiger partial charge is 0.211 e. The zero-order valence-corrected chi connectivity index (χ0v) is 9.32. The summed E-state index contributed by atoms with van der Waals surface area (Å²) in [6, 6.07) is 0. The van der Waals surface area contributed by atoms with Crippen LogP contribution in [0.15, 0.2) is 9.98 Å². The van der Waals surface area contributed by atoms with Gasteiger partial charge in [-0.15, -0.1) is 0 Å².